The molecule has 0 saturated carbocycles. The second-order valence-corrected chi connectivity index (χ2v) is 6.76. The first-order chi connectivity index (χ1) is 10.0. The summed E-state index contributed by atoms with van der Waals surface area (Å²) >= 11 is 5.68. The lowest BCUT2D eigenvalue weighted by Gasteiger charge is -2.13. The third-order valence-electron chi connectivity index (χ3n) is 3.17. The third kappa shape index (κ3) is 4.22. The molecule has 1 aromatic heterocycles. The number of aliphatic carboxylic acids is 1. The average molecular weight is 465 g/mol. The van der Waals surface area contributed by atoms with Crippen molar-refractivity contribution in [3.8, 4) is 11.4 Å². The molecule has 0 bridgehead atoms. The standard InChI is InChI=1S/C13H14BrIN4O2/c1-2-8(5-12(20)21)7-19-13(16-17-18-19)10-6-9(14)3-4-11(10)15/h3-4,6,8H,2,5,7H2,1H3,(H,20,21). The van der Waals surface area contributed by atoms with Crippen molar-refractivity contribution in [2.24, 2.45) is 5.92 Å². The minimum absolute atomic E-state index is 0.00886. The van der Waals surface area contributed by atoms with Crippen molar-refractivity contribution in [3.63, 3.8) is 0 Å². The number of carboxylic acids is 1. The van der Waals surface area contributed by atoms with Gasteiger partial charge in [0.25, 0.3) is 0 Å². The molecule has 0 aliphatic carbocycles. The monoisotopic (exact) mass is 464 g/mol. The summed E-state index contributed by atoms with van der Waals surface area (Å²) in [4.78, 5) is 10.9. The quantitative estimate of drug-likeness (QED) is 0.664. The van der Waals surface area contributed by atoms with Crippen LogP contribution in [0.5, 0.6) is 0 Å². The minimum atomic E-state index is -0.798. The van der Waals surface area contributed by atoms with E-state index in [1.165, 1.54) is 0 Å². The average Bonchev–Trinajstić information content (AvgIpc) is 2.88. The highest BCUT2D eigenvalue weighted by Crippen LogP contribution is 2.27. The van der Waals surface area contributed by atoms with Crippen LogP contribution in [0.25, 0.3) is 11.4 Å². The van der Waals surface area contributed by atoms with Crippen molar-refractivity contribution in [1.29, 1.82) is 0 Å². The van der Waals surface area contributed by atoms with Crippen molar-refractivity contribution < 1.29 is 9.90 Å². The highest BCUT2D eigenvalue weighted by molar-refractivity contribution is 14.1. The van der Waals surface area contributed by atoms with Gasteiger partial charge in [-0.1, -0.05) is 29.3 Å². The van der Waals surface area contributed by atoms with Gasteiger partial charge in [0.05, 0.1) is 0 Å². The molecule has 0 spiro atoms. The zero-order valence-corrected chi connectivity index (χ0v) is 15.1. The van der Waals surface area contributed by atoms with Gasteiger partial charge in [0.2, 0.25) is 0 Å². The number of aromatic nitrogens is 4. The summed E-state index contributed by atoms with van der Waals surface area (Å²) in [6.07, 6.45) is 0.882. The normalized spacial score (nSPS) is 12.3. The molecule has 0 radical (unpaired) electrons. The third-order valence-corrected chi connectivity index (χ3v) is 4.61. The zero-order valence-electron chi connectivity index (χ0n) is 11.3. The largest absolute Gasteiger partial charge is 0.481 e. The highest BCUT2D eigenvalue weighted by Gasteiger charge is 2.18. The SMILES string of the molecule is CCC(CC(=O)O)Cn1nnnc1-c1cc(Br)ccc1I. The Morgan fingerprint density at radius 3 is 2.95 bits per heavy atom. The molecule has 0 amide bonds. The second kappa shape index (κ2) is 7.30. The van der Waals surface area contributed by atoms with Crippen molar-refractivity contribution in [2.75, 3.05) is 0 Å². The maximum absolute atomic E-state index is 10.9. The zero-order chi connectivity index (χ0) is 15.4. The first-order valence-corrected chi connectivity index (χ1v) is 8.31. The van der Waals surface area contributed by atoms with Crippen molar-refractivity contribution in [3.05, 3.63) is 26.2 Å². The first-order valence-electron chi connectivity index (χ1n) is 6.44. The molecule has 1 N–H and O–H groups in total. The van der Waals surface area contributed by atoms with Gasteiger partial charge in [-0.2, -0.15) is 0 Å². The predicted molar refractivity (Wildman–Crippen MR) is 89.7 cm³/mol. The van der Waals surface area contributed by atoms with E-state index in [9.17, 15) is 4.79 Å². The Morgan fingerprint density at radius 2 is 2.29 bits per heavy atom. The first kappa shape index (κ1) is 16.3. The molecule has 2 rings (SSSR count). The van der Waals surface area contributed by atoms with E-state index in [2.05, 4.69) is 54.0 Å². The highest BCUT2D eigenvalue weighted by atomic mass is 127. The van der Waals surface area contributed by atoms with Gasteiger partial charge in [0, 0.05) is 26.6 Å². The molecular formula is C13H14BrIN4O2. The second-order valence-electron chi connectivity index (χ2n) is 4.68. The van der Waals surface area contributed by atoms with E-state index < -0.39 is 5.97 Å². The van der Waals surface area contributed by atoms with Crippen molar-refractivity contribution >= 4 is 44.5 Å². The summed E-state index contributed by atoms with van der Waals surface area (Å²) in [5, 5.41) is 20.8. The maximum Gasteiger partial charge on any atom is 0.303 e. The molecule has 1 atom stereocenters. The van der Waals surface area contributed by atoms with Crippen LogP contribution in [0.15, 0.2) is 22.7 Å². The molecule has 1 aromatic carbocycles. The van der Waals surface area contributed by atoms with Gasteiger partial charge in [-0.3, -0.25) is 4.79 Å². The van der Waals surface area contributed by atoms with Gasteiger partial charge in [-0.05, 0) is 57.1 Å². The molecule has 0 aliphatic heterocycles. The summed E-state index contributed by atoms with van der Waals surface area (Å²) in [6.45, 7) is 2.47. The summed E-state index contributed by atoms with van der Waals surface area (Å²) in [5.74, 6) is -0.132. The van der Waals surface area contributed by atoms with Crippen LogP contribution in [0.1, 0.15) is 19.8 Å². The minimum Gasteiger partial charge on any atom is -0.481 e. The lowest BCUT2D eigenvalue weighted by Crippen LogP contribution is -2.16. The summed E-state index contributed by atoms with van der Waals surface area (Å²) in [5.41, 5.74) is 0.931. The van der Waals surface area contributed by atoms with E-state index >= 15 is 0 Å². The molecular weight excluding hydrogens is 451 g/mol. The Hall–Kier alpha value is -1.03. The van der Waals surface area contributed by atoms with Crippen LogP contribution in [-0.4, -0.2) is 31.3 Å². The van der Waals surface area contributed by atoms with E-state index in [1.54, 1.807) is 4.68 Å². The van der Waals surface area contributed by atoms with Gasteiger partial charge in [0.1, 0.15) is 0 Å². The fraction of sp³-hybridized carbons (Fsp3) is 0.385. The molecule has 1 heterocycles. The number of hydrogen-bond acceptors (Lipinski definition) is 4. The molecule has 21 heavy (non-hydrogen) atoms. The van der Waals surface area contributed by atoms with Crippen LogP contribution in [-0.2, 0) is 11.3 Å². The summed E-state index contributed by atoms with van der Waals surface area (Å²) < 4.78 is 3.67. The maximum atomic E-state index is 10.9. The van der Waals surface area contributed by atoms with Gasteiger partial charge in [0.15, 0.2) is 5.82 Å². The molecule has 0 fully saturated rings. The van der Waals surface area contributed by atoms with Gasteiger partial charge < -0.3 is 5.11 Å². The molecule has 1 unspecified atom stereocenters. The number of halogens is 2. The summed E-state index contributed by atoms with van der Waals surface area (Å²) in [6, 6.07) is 5.90. The fourth-order valence-electron chi connectivity index (χ4n) is 2.02. The topological polar surface area (TPSA) is 80.9 Å². The Kier molecular flexibility index (Phi) is 5.68. The van der Waals surface area contributed by atoms with Crippen molar-refractivity contribution in [1.82, 2.24) is 20.2 Å². The number of carboxylic acid groups (broad SMARTS) is 1. The van der Waals surface area contributed by atoms with Crippen LogP contribution in [0.3, 0.4) is 0 Å². The van der Waals surface area contributed by atoms with E-state index in [0.29, 0.717) is 12.4 Å². The van der Waals surface area contributed by atoms with Crippen LogP contribution >= 0.6 is 38.5 Å². The number of rotatable bonds is 6. The Labute approximate surface area is 144 Å². The van der Waals surface area contributed by atoms with E-state index in [0.717, 1.165) is 20.0 Å². The molecule has 112 valence electrons. The Balaban J connectivity index is 2.30. The van der Waals surface area contributed by atoms with E-state index in [-0.39, 0.29) is 12.3 Å². The predicted octanol–water partition coefficient (Wildman–Crippen LogP) is 3.21. The molecule has 8 heteroatoms. The summed E-state index contributed by atoms with van der Waals surface area (Å²) in [7, 11) is 0. The number of benzene rings is 1. The molecule has 0 saturated heterocycles. The van der Waals surface area contributed by atoms with Crippen LogP contribution < -0.4 is 0 Å². The Morgan fingerprint density at radius 1 is 1.52 bits per heavy atom. The van der Waals surface area contributed by atoms with Gasteiger partial charge in [-0.25, -0.2) is 4.68 Å². The number of hydrogen-bond donors (Lipinski definition) is 1. The number of carbonyl (C=O) groups is 1. The van der Waals surface area contributed by atoms with Gasteiger partial charge >= 0.3 is 5.97 Å². The lowest BCUT2D eigenvalue weighted by atomic mass is 10.0. The number of tetrazole rings is 1. The fourth-order valence-corrected chi connectivity index (χ4v) is 2.96. The van der Waals surface area contributed by atoms with Crippen LogP contribution in [0.4, 0.5) is 0 Å². The van der Waals surface area contributed by atoms with E-state index in [4.69, 9.17) is 5.11 Å². The number of nitrogens with zero attached hydrogens (tertiary/aromatic N) is 4. The smallest absolute Gasteiger partial charge is 0.303 e. The molecule has 6 nitrogen and oxygen atoms in total. The van der Waals surface area contributed by atoms with Crippen LogP contribution in [0.2, 0.25) is 0 Å². The van der Waals surface area contributed by atoms with Crippen molar-refractivity contribution in [2.45, 2.75) is 26.3 Å². The van der Waals surface area contributed by atoms with E-state index in [1.807, 2.05) is 25.1 Å². The molecule has 0 aliphatic rings. The van der Waals surface area contributed by atoms with Gasteiger partial charge in [-0.15, -0.1) is 5.10 Å². The lowest BCUT2D eigenvalue weighted by molar-refractivity contribution is -0.138. The Bertz CT molecular complexity index is 647. The molecule has 2 aromatic rings. The van der Waals surface area contributed by atoms with Crippen LogP contribution in [0, 0.1) is 9.49 Å².